The number of aromatic nitrogens is 1. The van der Waals surface area contributed by atoms with Crippen molar-refractivity contribution in [1.29, 1.82) is 0 Å². The Hall–Kier alpha value is -2.64. The zero-order valence-electron chi connectivity index (χ0n) is 14.5. The molecule has 26 heavy (non-hydrogen) atoms. The predicted molar refractivity (Wildman–Crippen MR) is 100 cm³/mol. The lowest BCUT2D eigenvalue weighted by atomic mass is 10.1. The lowest BCUT2D eigenvalue weighted by Gasteiger charge is -2.18. The summed E-state index contributed by atoms with van der Waals surface area (Å²) in [6, 6.07) is 7.13. The van der Waals surface area contributed by atoms with E-state index in [9.17, 15) is 4.79 Å². The van der Waals surface area contributed by atoms with Crippen LogP contribution in [0.2, 0.25) is 0 Å². The standard InChI is InChI=1S/C19H18N2O4S/c1-10-7-12(9-23-2)15-16(20)18(26-19(15)21-10)17(22)11-3-4-13-14(8-11)25-6-5-24-13/h3-4,7-8H,5-6,9,20H2,1-2H3. The second kappa shape index (κ2) is 6.59. The summed E-state index contributed by atoms with van der Waals surface area (Å²) in [6.07, 6.45) is 0. The molecule has 4 rings (SSSR count). The second-order valence-electron chi connectivity index (χ2n) is 6.07. The number of carbonyl (C=O) groups excluding carboxylic acids is 1. The molecule has 0 saturated heterocycles. The molecule has 1 aromatic carbocycles. The van der Waals surface area contributed by atoms with Gasteiger partial charge in [-0.3, -0.25) is 4.79 Å². The highest BCUT2D eigenvalue weighted by Gasteiger charge is 2.23. The number of ether oxygens (including phenoxy) is 3. The Kier molecular flexibility index (Phi) is 4.26. The van der Waals surface area contributed by atoms with Gasteiger partial charge in [0.1, 0.15) is 22.9 Å². The minimum absolute atomic E-state index is 0.150. The van der Waals surface area contributed by atoms with E-state index in [1.54, 1.807) is 25.3 Å². The van der Waals surface area contributed by atoms with Crippen LogP contribution in [0.25, 0.3) is 10.2 Å². The fraction of sp³-hybridized carbons (Fsp3) is 0.263. The van der Waals surface area contributed by atoms with Gasteiger partial charge < -0.3 is 19.9 Å². The van der Waals surface area contributed by atoms with E-state index in [4.69, 9.17) is 19.9 Å². The van der Waals surface area contributed by atoms with Gasteiger partial charge in [-0.1, -0.05) is 0 Å². The van der Waals surface area contributed by atoms with Crippen LogP contribution in [0.5, 0.6) is 11.5 Å². The first-order chi connectivity index (χ1) is 12.6. The first-order valence-electron chi connectivity index (χ1n) is 8.20. The van der Waals surface area contributed by atoms with E-state index in [0.717, 1.165) is 21.5 Å². The maximum absolute atomic E-state index is 13.1. The smallest absolute Gasteiger partial charge is 0.205 e. The first-order valence-corrected chi connectivity index (χ1v) is 9.02. The average molecular weight is 370 g/mol. The number of thiophene rings is 1. The van der Waals surface area contributed by atoms with E-state index in [0.29, 0.717) is 47.4 Å². The third kappa shape index (κ3) is 2.79. The molecule has 0 spiro atoms. The van der Waals surface area contributed by atoms with Gasteiger partial charge in [-0.05, 0) is 36.8 Å². The summed E-state index contributed by atoms with van der Waals surface area (Å²) >= 11 is 1.31. The van der Waals surface area contributed by atoms with Crippen LogP contribution in [0, 0.1) is 6.92 Å². The highest BCUT2D eigenvalue weighted by atomic mass is 32.1. The van der Waals surface area contributed by atoms with Gasteiger partial charge in [0.25, 0.3) is 0 Å². The van der Waals surface area contributed by atoms with Crippen molar-refractivity contribution in [1.82, 2.24) is 4.98 Å². The summed E-state index contributed by atoms with van der Waals surface area (Å²) in [7, 11) is 1.63. The van der Waals surface area contributed by atoms with E-state index in [1.807, 2.05) is 13.0 Å². The first kappa shape index (κ1) is 16.8. The third-order valence-corrected chi connectivity index (χ3v) is 5.32. The molecular formula is C19H18N2O4S. The summed E-state index contributed by atoms with van der Waals surface area (Å²) in [5, 5.41) is 0.795. The molecule has 1 aliphatic rings. The van der Waals surface area contributed by atoms with Crippen molar-refractivity contribution in [3.8, 4) is 11.5 Å². The number of benzene rings is 1. The predicted octanol–water partition coefficient (Wildman–Crippen LogP) is 3.34. The molecule has 6 nitrogen and oxygen atoms in total. The van der Waals surface area contributed by atoms with Gasteiger partial charge in [-0.15, -0.1) is 11.3 Å². The molecule has 0 aliphatic carbocycles. The van der Waals surface area contributed by atoms with Gasteiger partial charge >= 0.3 is 0 Å². The van der Waals surface area contributed by atoms with Crippen molar-refractivity contribution in [3.05, 3.63) is 46.0 Å². The highest BCUT2D eigenvalue weighted by molar-refractivity contribution is 7.21. The Balaban J connectivity index is 1.80. The number of fused-ring (bicyclic) bond motifs is 2. The second-order valence-corrected chi connectivity index (χ2v) is 7.07. The van der Waals surface area contributed by atoms with Gasteiger partial charge in [-0.2, -0.15) is 0 Å². The molecule has 0 saturated carbocycles. The third-order valence-electron chi connectivity index (χ3n) is 4.22. The Bertz CT molecular complexity index is 1010. The van der Waals surface area contributed by atoms with Crippen LogP contribution in [0.4, 0.5) is 5.69 Å². The zero-order chi connectivity index (χ0) is 18.3. The van der Waals surface area contributed by atoms with Crippen molar-refractivity contribution >= 4 is 33.0 Å². The molecule has 0 fully saturated rings. The largest absolute Gasteiger partial charge is 0.486 e. The minimum Gasteiger partial charge on any atom is -0.486 e. The average Bonchev–Trinajstić information content (AvgIpc) is 2.97. The van der Waals surface area contributed by atoms with Crippen LogP contribution in [0.1, 0.15) is 26.5 Å². The number of ketones is 1. The van der Waals surface area contributed by atoms with Crippen LogP contribution >= 0.6 is 11.3 Å². The summed E-state index contributed by atoms with van der Waals surface area (Å²) < 4.78 is 16.3. The lowest BCUT2D eigenvalue weighted by Crippen LogP contribution is -2.15. The summed E-state index contributed by atoms with van der Waals surface area (Å²) in [5.74, 6) is 1.08. The number of nitrogens with zero attached hydrogens (tertiary/aromatic N) is 1. The fourth-order valence-corrected chi connectivity index (χ4v) is 4.24. The van der Waals surface area contributed by atoms with Gasteiger partial charge in [0.05, 0.1) is 12.3 Å². The molecule has 0 atom stereocenters. The van der Waals surface area contributed by atoms with Gasteiger partial charge in [-0.25, -0.2) is 4.98 Å². The van der Waals surface area contributed by atoms with Crippen molar-refractivity contribution in [2.45, 2.75) is 13.5 Å². The molecule has 3 aromatic rings. The molecule has 7 heteroatoms. The zero-order valence-corrected chi connectivity index (χ0v) is 15.3. The number of carbonyl (C=O) groups is 1. The number of nitrogen functional groups attached to an aromatic ring is 1. The quantitative estimate of drug-likeness (QED) is 0.709. The number of hydrogen-bond donors (Lipinski definition) is 1. The maximum Gasteiger partial charge on any atom is 0.205 e. The molecular weight excluding hydrogens is 352 g/mol. The maximum atomic E-state index is 13.1. The molecule has 0 amide bonds. The van der Waals surface area contributed by atoms with Gasteiger partial charge in [0, 0.05) is 23.8 Å². The number of rotatable bonds is 4. The molecule has 3 heterocycles. The molecule has 0 radical (unpaired) electrons. The van der Waals surface area contributed by atoms with E-state index >= 15 is 0 Å². The number of anilines is 1. The topological polar surface area (TPSA) is 83.7 Å². The fourth-order valence-electron chi connectivity index (χ4n) is 3.09. The number of aryl methyl sites for hydroxylation is 1. The Morgan fingerprint density at radius 3 is 2.81 bits per heavy atom. The molecule has 134 valence electrons. The van der Waals surface area contributed by atoms with Crippen molar-refractivity contribution < 1.29 is 19.0 Å². The molecule has 1 aliphatic heterocycles. The number of pyridine rings is 1. The summed E-state index contributed by atoms with van der Waals surface area (Å²) in [4.78, 5) is 18.8. The number of methoxy groups -OCH3 is 1. The number of nitrogens with two attached hydrogens (primary N) is 1. The van der Waals surface area contributed by atoms with Crippen molar-refractivity contribution in [2.24, 2.45) is 0 Å². The van der Waals surface area contributed by atoms with E-state index < -0.39 is 0 Å². The molecule has 0 bridgehead atoms. The van der Waals surface area contributed by atoms with Gasteiger partial charge in [0.2, 0.25) is 5.78 Å². The van der Waals surface area contributed by atoms with Crippen molar-refractivity contribution in [2.75, 3.05) is 26.1 Å². The molecule has 2 N–H and O–H groups in total. The molecule has 2 aromatic heterocycles. The van der Waals surface area contributed by atoms with Crippen LogP contribution in [0.15, 0.2) is 24.3 Å². The molecule has 0 unspecified atom stereocenters. The Morgan fingerprint density at radius 2 is 2.04 bits per heavy atom. The van der Waals surface area contributed by atoms with Crippen LogP contribution in [-0.4, -0.2) is 31.1 Å². The summed E-state index contributed by atoms with van der Waals surface area (Å²) in [5.41, 5.74) is 9.09. The van der Waals surface area contributed by atoms with E-state index in [1.165, 1.54) is 11.3 Å². The lowest BCUT2D eigenvalue weighted by molar-refractivity contribution is 0.104. The van der Waals surface area contributed by atoms with Crippen molar-refractivity contribution in [3.63, 3.8) is 0 Å². The van der Waals surface area contributed by atoms with E-state index in [2.05, 4.69) is 4.98 Å². The normalized spacial score (nSPS) is 13.2. The number of hydrogen-bond acceptors (Lipinski definition) is 7. The van der Waals surface area contributed by atoms with E-state index in [-0.39, 0.29) is 5.78 Å². The highest BCUT2D eigenvalue weighted by Crippen LogP contribution is 2.38. The monoisotopic (exact) mass is 370 g/mol. The summed E-state index contributed by atoms with van der Waals surface area (Å²) in [6.45, 7) is 3.31. The van der Waals surface area contributed by atoms with Crippen LogP contribution in [-0.2, 0) is 11.3 Å². The van der Waals surface area contributed by atoms with Crippen LogP contribution < -0.4 is 15.2 Å². The SMILES string of the molecule is COCc1cc(C)nc2sc(C(=O)c3ccc4c(c3)OCCO4)c(N)c12. The van der Waals surface area contributed by atoms with Gasteiger partial charge in [0.15, 0.2) is 11.5 Å². The Morgan fingerprint density at radius 1 is 1.27 bits per heavy atom. The minimum atomic E-state index is -0.150. The van der Waals surface area contributed by atoms with Crippen LogP contribution in [0.3, 0.4) is 0 Å². The Labute approximate surface area is 154 Å².